The fourth-order valence-electron chi connectivity index (χ4n) is 2.29. The number of aryl methyl sites for hydroxylation is 1. The van der Waals surface area contributed by atoms with E-state index in [0.29, 0.717) is 6.54 Å². The van der Waals surface area contributed by atoms with Crippen LogP contribution in [0.25, 0.3) is 0 Å². The number of sulfonamides is 1. The molecule has 0 bridgehead atoms. The van der Waals surface area contributed by atoms with E-state index in [-0.39, 0.29) is 5.54 Å². The zero-order chi connectivity index (χ0) is 13.7. The molecular formula is C13H20N2O2S. The fraction of sp³-hybridized carbons (Fsp3) is 0.538. The van der Waals surface area contributed by atoms with E-state index in [1.807, 2.05) is 39.8 Å². The Hall–Kier alpha value is -1.23. The van der Waals surface area contributed by atoms with Crippen molar-refractivity contribution < 1.29 is 8.42 Å². The molecule has 4 nitrogen and oxygen atoms in total. The first-order chi connectivity index (χ1) is 8.12. The molecule has 0 aromatic heterocycles. The Labute approximate surface area is 109 Å². The van der Waals surface area contributed by atoms with Crippen molar-refractivity contribution in [2.75, 3.05) is 22.4 Å². The second kappa shape index (κ2) is 3.88. The molecule has 100 valence electrons. The van der Waals surface area contributed by atoms with Gasteiger partial charge in [-0.2, -0.15) is 0 Å². The maximum Gasteiger partial charge on any atom is 0.232 e. The highest BCUT2D eigenvalue weighted by molar-refractivity contribution is 7.92. The van der Waals surface area contributed by atoms with Gasteiger partial charge in [0.05, 0.1) is 29.7 Å². The zero-order valence-corrected chi connectivity index (χ0v) is 12.4. The van der Waals surface area contributed by atoms with Gasteiger partial charge in [0.15, 0.2) is 0 Å². The highest BCUT2D eigenvalue weighted by atomic mass is 32.2. The molecule has 0 unspecified atom stereocenters. The van der Waals surface area contributed by atoms with Gasteiger partial charge < -0.3 is 5.32 Å². The molecule has 2 rings (SSSR count). The molecule has 1 N–H and O–H groups in total. The van der Waals surface area contributed by atoms with Gasteiger partial charge in [0.1, 0.15) is 0 Å². The summed E-state index contributed by atoms with van der Waals surface area (Å²) in [5.74, 6) is 0. The van der Waals surface area contributed by atoms with Crippen molar-refractivity contribution in [2.45, 2.75) is 33.2 Å². The summed E-state index contributed by atoms with van der Waals surface area (Å²) in [5.41, 5.74) is 3.67. The van der Waals surface area contributed by atoms with Gasteiger partial charge in [-0.1, -0.05) is 6.07 Å². The van der Waals surface area contributed by atoms with Crippen LogP contribution < -0.4 is 9.62 Å². The van der Waals surface area contributed by atoms with Gasteiger partial charge in [-0.15, -0.1) is 0 Å². The Balaban J connectivity index is 2.68. The van der Waals surface area contributed by atoms with Gasteiger partial charge in [-0.05, 0) is 44.9 Å². The average Bonchev–Trinajstić information content (AvgIpc) is 2.21. The highest BCUT2D eigenvalue weighted by Crippen LogP contribution is 2.39. The molecule has 1 aromatic rings. The minimum Gasteiger partial charge on any atom is -0.376 e. The standard InChI is InChI=1S/C13H20N2O2S/c1-9-6-7-11-12(10(9)2)14-13(3,4)8-15(11)18(5,16)17/h6-7,14H,8H2,1-5H3. The number of fused-ring (bicyclic) bond motifs is 1. The van der Waals surface area contributed by atoms with Gasteiger partial charge in [0.2, 0.25) is 10.0 Å². The summed E-state index contributed by atoms with van der Waals surface area (Å²) in [4.78, 5) is 0. The molecule has 1 heterocycles. The lowest BCUT2D eigenvalue weighted by Gasteiger charge is -2.41. The lowest BCUT2D eigenvalue weighted by molar-refractivity contribution is 0.546. The Kier molecular flexibility index (Phi) is 2.85. The van der Waals surface area contributed by atoms with Crippen LogP contribution in [0.15, 0.2) is 12.1 Å². The van der Waals surface area contributed by atoms with Crippen molar-refractivity contribution in [1.82, 2.24) is 0 Å². The SMILES string of the molecule is Cc1ccc2c(c1C)NC(C)(C)CN2S(C)(=O)=O. The molecule has 0 fully saturated rings. The minimum absolute atomic E-state index is 0.269. The Morgan fingerprint density at radius 1 is 1.28 bits per heavy atom. The molecule has 5 heteroatoms. The Morgan fingerprint density at radius 3 is 2.44 bits per heavy atom. The summed E-state index contributed by atoms with van der Waals surface area (Å²) in [6.07, 6.45) is 1.26. The quantitative estimate of drug-likeness (QED) is 0.850. The van der Waals surface area contributed by atoms with Gasteiger partial charge in [0, 0.05) is 0 Å². The van der Waals surface area contributed by atoms with Gasteiger partial charge in [-0.25, -0.2) is 8.42 Å². The molecule has 0 aliphatic carbocycles. The largest absolute Gasteiger partial charge is 0.376 e. The van der Waals surface area contributed by atoms with Crippen LogP contribution >= 0.6 is 0 Å². The van der Waals surface area contributed by atoms with E-state index in [4.69, 9.17) is 0 Å². The van der Waals surface area contributed by atoms with Crippen molar-refractivity contribution in [2.24, 2.45) is 0 Å². The van der Waals surface area contributed by atoms with Crippen LogP contribution in [-0.4, -0.2) is 26.8 Å². The fourth-order valence-corrected chi connectivity index (χ4v) is 3.35. The molecule has 18 heavy (non-hydrogen) atoms. The third-order valence-electron chi connectivity index (χ3n) is 3.39. The third kappa shape index (κ3) is 2.19. The van der Waals surface area contributed by atoms with E-state index in [2.05, 4.69) is 5.32 Å². The number of nitrogens with zero attached hydrogens (tertiary/aromatic N) is 1. The van der Waals surface area contributed by atoms with E-state index in [9.17, 15) is 8.42 Å². The van der Waals surface area contributed by atoms with E-state index < -0.39 is 10.0 Å². The van der Waals surface area contributed by atoms with Crippen LogP contribution in [0.2, 0.25) is 0 Å². The Morgan fingerprint density at radius 2 is 1.89 bits per heavy atom. The number of hydrogen-bond acceptors (Lipinski definition) is 3. The third-order valence-corrected chi connectivity index (χ3v) is 4.51. The van der Waals surface area contributed by atoms with E-state index in [1.165, 1.54) is 10.6 Å². The predicted octanol–water partition coefficient (Wildman–Crippen LogP) is 2.27. The molecule has 0 spiro atoms. The lowest BCUT2D eigenvalue weighted by Crippen LogP contribution is -2.50. The topological polar surface area (TPSA) is 49.4 Å². The zero-order valence-electron chi connectivity index (χ0n) is 11.5. The number of anilines is 2. The number of nitrogens with one attached hydrogen (secondary N) is 1. The first-order valence-electron chi connectivity index (χ1n) is 5.98. The van der Waals surface area contributed by atoms with Crippen LogP contribution in [0.5, 0.6) is 0 Å². The van der Waals surface area contributed by atoms with Crippen molar-refractivity contribution >= 4 is 21.4 Å². The van der Waals surface area contributed by atoms with Crippen LogP contribution in [0, 0.1) is 13.8 Å². The maximum atomic E-state index is 11.9. The summed E-state index contributed by atoms with van der Waals surface area (Å²) in [7, 11) is -3.25. The smallest absolute Gasteiger partial charge is 0.232 e. The normalized spacial score (nSPS) is 18.2. The minimum atomic E-state index is -3.25. The predicted molar refractivity (Wildman–Crippen MR) is 75.8 cm³/mol. The van der Waals surface area contributed by atoms with Crippen LogP contribution in [-0.2, 0) is 10.0 Å². The number of benzene rings is 1. The summed E-state index contributed by atoms with van der Waals surface area (Å²) < 4.78 is 25.4. The summed E-state index contributed by atoms with van der Waals surface area (Å²) in [6, 6.07) is 3.84. The first-order valence-corrected chi connectivity index (χ1v) is 7.83. The van der Waals surface area contributed by atoms with Crippen LogP contribution in [0.4, 0.5) is 11.4 Å². The molecule has 0 saturated heterocycles. The van der Waals surface area contributed by atoms with Crippen molar-refractivity contribution in [3.05, 3.63) is 23.3 Å². The van der Waals surface area contributed by atoms with E-state index in [0.717, 1.165) is 22.5 Å². The van der Waals surface area contributed by atoms with Gasteiger partial charge >= 0.3 is 0 Å². The Bertz CT molecular complexity index is 591. The van der Waals surface area contributed by atoms with E-state index >= 15 is 0 Å². The molecule has 1 aliphatic heterocycles. The first kappa shape index (κ1) is 13.2. The number of hydrogen-bond donors (Lipinski definition) is 1. The number of rotatable bonds is 1. The molecule has 0 radical (unpaired) electrons. The van der Waals surface area contributed by atoms with Gasteiger partial charge in [-0.3, -0.25) is 4.31 Å². The van der Waals surface area contributed by atoms with Crippen molar-refractivity contribution in [3.8, 4) is 0 Å². The molecule has 0 saturated carbocycles. The molecule has 0 atom stereocenters. The monoisotopic (exact) mass is 268 g/mol. The molecule has 0 amide bonds. The van der Waals surface area contributed by atoms with Crippen molar-refractivity contribution in [3.63, 3.8) is 0 Å². The average molecular weight is 268 g/mol. The molecule has 1 aliphatic rings. The lowest BCUT2D eigenvalue weighted by atomic mass is 9.97. The second-order valence-electron chi connectivity index (χ2n) is 5.68. The van der Waals surface area contributed by atoms with Gasteiger partial charge in [0.25, 0.3) is 0 Å². The van der Waals surface area contributed by atoms with E-state index in [1.54, 1.807) is 0 Å². The maximum absolute atomic E-state index is 11.9. The summed E-state index contributed by atoms with van der Waals surface area (Å²) >= 11 is 0. The second-order valence-corrected chi connectivity index (χ2v) is 7.59. The van der Waals surface area contributed by atoms with Crippen LogP contribution in [0.1, 0.15) is 25.0 Å². The van der Waals surface area contributed by atoms with Crippen LogP contribution in [0.3, 0.4) is 0 Å². The summed E-state index contributed by atoms with van der Waals surface area (Å²) in [5, 5.41) is 3.44. The van der Waals surface area contributed by atoms with Crippen molar-refractivity contribution in [1.29, 1.82) is 0 Å². The highest BCUT2D eigenvalue weighted by Gasteiger charge is 2.34. The summed E-state index contributed by atoms with van der Waals surface area (Å²) in [6.45, 7) is 8.51. The molecular weight excluding hydrogens is 248 g/mol. The molecule has 1 aromatic carbocycles.